The maximum Gasteiger partial charge on any atom is 0.280 e. The number of fused-ring (bicyclic) bond motifs is 1. The molecule has 26 heavy (non-hydrogen) atoms. The van der Waals surface area contributed by atoms with Crippen molar-refractivity contribution in [2.45, 2.75) is 13.8 Å². The Balaban J connectivity index is 2.23. The SMILES string of the molecule is CC(=O)c1cccc(N=C2c3cccc([N+](=O)[O-])c3C(=O)C2C(C)=O)c1. The zero-order chi connectivity index (χ0) is 19.0. The van der Waals surface area contributed by atoms with Crippen LogP contribution in [0.4, 0.5) is 11.4 Å². The van der Waals surface area contributed by atoms with Crippen molar-refractivity contribution in [2.24, 2.45) is 10.9 Å². The Morgan fingerprint density at radius 3 is 2.42 bits per heavy atom. The van der Waals surface area contributed by atoms with Crippen molar-refractivity contribution in [1.29, 1.82) is 0 Å². The van der Waals surface area contributed by atoms with E-state index in [1.807, 2.05) is 0 Å². The van der Waals surface area contributed by atoms with Gasteiger partial charge < -0.3 is 0 Å². The zero-order valence-electron chi connectivity index (χ0n) is 14.1. The van der Waals surface area contributed by atoms with E-state index < -0.39 is 22.4 Å². The number of rotatable bonds is 4. The highest BCUT2D eigenvalue weighted by Crippen LogP contribution is 2.35. The first-order chi connectivity index (χ1) is 12.3. The van der Waals surface area contributed by atoms with Gasteiger partial charge in [0.25, 0.3) is 5.69 Å². The number of Topliss-reactive ketones (excluding diaryl/α,β-unsaturated/α-hetero) is 3. The van der Waals surface area contributed by atoms with Crippen molar-refractivity contribution in [3.05, 3.63) is 69.3 Å². The third-order valence-corrected chi connectivity index (χ3v) is 4.21. The van der Waals surface area contributed by atoms with Gasteiger partial charge in [0.1, 0.15) is 17.3 Å². The van der Waals surface area contributed by atoms with Crippen LogP contribution < -0.4 is 0 Å². The van der Waals surface area contributed by atoms with Gasteiger partial charge >= 0.3 is 0 Å². The van der Waals surface area contributed by atoms with Gasteiger partial charge in [0.2, 0.25) is 0 Å². The lowest BCUT2D eigenvalue weighted by molar-refractivity contribution is -0.385. The molecule has 1 unspecified atom stereocenters. The lowest BCUT2D eigenvalue weighted by Gasteiger charge is -2.07. The van der Waals surface area contributed by atoms with E-state index in [1.54, 1.807) is 24.3 Å². The smallest absolute Gasteiger partial charge is 0.280 e. The number of aliphatic imine (C=N–C) groups is 1. The summed E-state index contributed by atoms with van der Waals surface area (Å²) in [4.78, 5) is 51.3. The van der Waals surface area contributed by atoms with Gasteiger partial charge in [-0.05, 0) is 26.0 Å². The Morgan fingerprint density at radius 2 is 1.81 bits per heavy atom. The van der Waals surface area contributed by atoms with Crippen molar-refractivity contribution in [3.8, 4) is 0 Å². The van der Waals surface area contributed by atoms with Crippen molar-refractivity contribution in [3.63, 3.8) is 0 Å². The molecule has 0 aliphatic heterocycles. The van der Waals surface area contributed by atoms with E-state index in [0.29, 0.717) is 11.3 Å². The molecule has 130 valence electrons. The van der Waals surface area contributed by atoms with E-state index in [-0.39, 0.29) is 28.3 Å². The lowest BCUT2D eigenvalue weighted by Crippen LogP contribution is -2.23. The van der Waals surface area contributed by atoms with Crippen LogP contribution in [-0.2, 0) is 4.79 Å². The third-order valence-electron chi connectivity index (χ3n) is 4.21. The Bertz CT molecular complexity index is 1010. The van der Waals surface area contributed by atoms with Crippen LogP contribution in [0.2, 0.25) is 0 Å². The number of ketones is 3. The number of nitro benzene ring substituents is 1. The number of nitrogens with zero attached hydrogens (tertiary/aromatic N) is 2. The van der Waals surface area contributed by atoms with E-state index in [9.17, 15) is 24.5 Å². The summed E-state index contributed by atoms with van der Waals surface area (Å²) in [6.07, 6.45) is 0. The van der Waals surface area contributed by atoms with Gasteiger partial charge in [-0.1, -0.05) is 24.3 Å². The van der Waals surface area contributed by atoms with Gasteiger partial charge in [-0.15, -0.1) is 0 Å². The first kappa shape index (κ1) is 17.3. The third kappa shape index (κ3) is 2.83. The molecule has 0 N–H and O–H groups in total. The summed E-state index contributed by atoms with van der Waals surface area (Å²) < 4.78 is 0. The van der Waals surface area contributed by atoms with Crippen LogP contribution in [0.5, 0.6) is 0 Å². The minimum atomic E-state index is -1.19. The minimum Gasteiger partial charge on any atom is -0.299 e. The Labute approximate surface area is 148 Å². The molecule has 0 heterocycles. The van der Waals surface area contributed by atoms with E-state index >= 15 is 0 Å². The van der Waals surface area contributed by atoms with Crippen LogP contribution in [0.1, 0.15) is 40.1 Å². The molecule has 0 radical (unpaired) electrons. The fourth-order valence-corrected chi connectivity index (χ4v) is 3.02. The number of hydrogen-bond donors (Lipinski definition) is 0. The van der Waals surface area contributed by atoms with E-state index in [4.69, 9.17) is 0 Å². The maximum atomic E-state index is 12.7. The summed E-state index contributed by atoms with van der Waals surface area (Å²) in [5.41, 5.74) is 0.834. The van der Waals surface area contributed by atoms with Gasteiger partial charge in [0, 0.05) is 17.2 Å². The van der Waals surface area contributed by atoms with Crippen LogP contribution in [0.25, 0.3) is 0 Å². The summed E-state index contributed by atoms with van der Waals surface area (Å²) in [6, 6.07) is 10.7. The summed E-state index contributed by atoms with van der Waals surface area (Å²) in [7, 11) is 0. The number of carbonyl (C=O) groups excluding carboxylic acids is 3. The molecule has 2 aromatic rings. The second-order valence-electron chi connectivity index (χ2n) is 5.97. The van der Waals surface area contributed by atoms with Crippen molar-refractivity contribution >= 4 is 34.4 Å². The fraction of sp³-hybridized carbons (Fsp3) is 0.158. The second kappa shape index (κ2) is 6.44. The molecule has 2 aromatic carbocycles. The van der Waals surface area contributed by atoms with Gasteiger partial charge in [-0.3, -0.25) is 29.5 Å². The van der Waals surface area contributed by atoms with Crippen LogP contribution in [0.15, 0.2) is 47.5 Å². The molecule has 0 fully saturated rings. The molecule has 1 aliphatic rings. The Kier molecular flexibility index (Phi) is 4.29. The van der Waals surface area contributed by atoms with Crippen molar-refractivity contribution < 1.29 is 19.3 Å². The van der Waals surface area contributed by atoms with Gasteiger partial charge in [0.05, 0.1) is 16.3 Å². The van der Waals surface area contributed by atoms with E-state index in [2.05, 4.69) is 4.99 Å². The summed E-state index contributed by atoms with van der Waals surface area (Å²) in [5.74, 6) is -2.40. The molecule has 0 bridgehead atoms. The number of nitro groups is 1. The molecule has 7 heteroatoms. The van der Waals surface area contributed by atoms with Gasteiger partial charge in [-0.2, -0.15) is 0 Å². The largest absolute Gasteiger partial charge is 0.299 e. The van der Waals surface area contributed by atoms with Crippen molar-refractivity contribution in [1.82, 2.24) is 0 Å². The van der Waals surface area contributed by atoms with E-state index in [0.717, 1.165) is 0 Å². The highest BCUT2D eigenvalue weighted by Gasteiger charge is 2.43. The van der Waals surface area contributed by atoms with Crippen LogP contribution in [-0.4, -0.2) is 28.0 Å². The van der Waals surface area contributed by atoms with Crippen LogP contribution in [0.3, 0.4) is 0 Å². The standard InChI is InChI=1S/C19H14N2O5/c1-10(22)12-5-3-6-13(9-12)20-18-14-7-4-8-15(21(25)26)17(14)19(24)16(18)11(2)23/h3-9,16H,1-2H3. The second-order valence-corrected chi connectivity index (χ2v) is 5.97. The quantitative estimate of drug-likeness (QED) is 0.364. The monoisotopic (exact) mass is 350 g/mol. The topological polar surface area (TPSA) is 107 Å². The fourth-order valence-electron chi connectivity index (χ4n) is 3.02. The number of benzene rings is 2. The number of hydrogen-bond acceptors (Lipinski definition) is 6. The molecule has 1 atom stereocenters. The lowest BCUT2D eigenvalue weighted by atomic mass is 9.98. The first-order valence-corrected chi connectivity index (χ1v) is 7.83. The van der Waals surface area contributed by atoms with Gasteiger partial charge in [-0.25, -0.2) is 0 Å². The average molecular weight is 350 g/mol. The molecular weight excluding hydrogens is 336 g/mol. The molecule has 0 amide bonds. The normalized spacial score (nSPS) is 17.2. The molecule has 0 aromatic heterocycles. The molecule has 0 saturated carbocycles. The molecule has 0 saturated heterocycles. The Morgan fingerprint density at radius 1 is 1.12 bits per heavy atom. The molecule has 1 aliphatic carbocycles. The maximum absolute atomic E-state index is 12.7. The zero-order valence-corrected chi connectivity index (χ0v) is 14.1. The molecular formula is C19H14N2O5. The molecule has 3 rings (SSSR count). The van der Waals surface area contributed by atoms with Crippen LogP contribution >= 0.6 is 0 Å². The summed E-state index contributed by atoms with van der Waals surface area (Å²) in [6.45, 7) is 2.67. The summed E-state index contributed by atoms with van der Waals surface area (Å²) >= 11 is 0. The predicted molar refractivity (Wildman–Crippen MR) is 94.2 cm³/mol. The highest BCUT2D eigenvalue weighted by atomic mass is 16.6. The average Bonchev–Trinajstić information content (AvgIpc) is 2.87. The van der Waals surface area contributed by atoms with Crippen molar-refractivity contribution in [2.75, 3.05) is 0 Å². The summed E-state index contributed by atoms with van der Waals surface area (Å²) in [5, 5.41) is 11.3. The molecule has 0 spiro atoms. The number of carbonyl (C=O) groups is 3. The minimum absolute atomic E-state index is 0.0980. The Hall–Kier alpha value is -3.48. The first-order valence-electron chi connectivity index (χ1n) is 7.83. The predicted octanol–water partition coefficient (Wildman–Crippen LogP) is 3.32. The van der Waals surface area contributed by atoms with Gasteiger partial charge in [0.15, 0.2) is 11.6 Å². The molecule has 7 nitrogen and oxygen atoms in total. The highest BCUT2D eigenvalue weighted by molar-refractivity contribution is 6.38. The van der Waals surface area contributed by atoms with E-state index in [1.165, 1.54) is 32.0 Å². The van der Waals surface area contributed by atoms with Crippen LogP contribution in [0, 0.1) is 16.0 Å².